The molecule has 2 atom stereocenters. The molecule has 0 aromatic carbocycles. The second-order valence-corrected chi connectivity index (χ2v) is 6.41. The molecule has 2 unspecified atom stereocenters. The van der Waals surface area contributed by atoms with Crippen LogP contribution >= 0.6 is 11.8 Å². The van der Waals surface area contributed by atoms with Gasteiger partial charge in [0.25, 0.3) is 0 Å². The minimum atomic E-state index is 0.254. The van der Waals surface area contributed by atoms with E-state index in [4.69, 9.17) is 5.73 Å². The standard InChI is InChI=1S/C12H22N4S/c1-9(13)8-10(2)17-12-15-14-11-6-4-3-5-7-16(11)12/h9-10H,3-8,13H2,1-2H3. The fourth-order valence-corrected chi connectivity index (χ4v) is 3.47. The summed E-state index contributed by atoms with van der Waals surface area (Å²) in [5.74, 6) is 1.16. The number of hydrogen-bond donors (Lipinski definition) is 1. The molecule has 2 N–H and O–H groups in total. The first-order valence-electron chi connectivity index (χ1n) is 6.51. The fraction of sp³-hybridized carbons (Fsp3) is 0.833. The molecule has 0 saturated carbocycles. The number of nitrogens with zero attached hydrogens (tertiary/aromatic N) is 3. The van der Waals surface area contributed by atoms with Crippen LogP contribution in [-0.2, 0) is 13.0 Å². The third-order valence-electron chi connectivity index (χ3n) is 3.09. The fourth-order valence-electron chi connectivity index (χ4n) is 2.30. The van der Waals surface area contributed by atoms with Gasteiger partial charge in [0.05, 0.1) is 0 Å². The molecule has 0 aliphatic carbocycles. The Morgan fingerprint density at radius 3 is 2.88 bits per heavy atom. The molecule has 0 fully saturated rings. The van der Waals surface area contributed by atoms with Crippen LogP contribution in [0, 0.1) is 0 Å². The second kappa shape index (κ2) is 5.87. The molecule has 1 aliphatic rings. The van der Waals surface area contributed by atoms with Crippen LogP contribution in [-0.4, -0.2) is 26.1 Å². The molecule has 1 aliphatic heterocycles. The topological polar surface area (TPSA) is 56.7 Å². The van der Waals surface area contributed by atoms with E-state index in [1.807, 2.05) is 11.8 Å². The van der Waals surface area contributed by atoms with E-state index in [-0.39, 0.29) is 6.04 Å². The van der Waals surface area contributed by atoms with Gasteiger partial charge in [-0.1, -0.05) is 25.1 Å². The van der Waals surface area contributed by atoms with Gasteiger partial charge < -0.3 is 10.3 Å². The van der Waals surface area contributed by atoms with E-state index in [1.165, 1.54) is 19.3 Å². The molecule has 0 saturated heterocycles. The van der Waals surface area contributed by atoms with Crippen molar-refractivity contribution in [2.75, 3.05) is 0 Å². The van der Waals surface area contributed by atoms with Crippen LogP contribution in [0.15, 0.2) is 5.16 Å². The van der Waals surface area contributed by atoms with Crippen LogP contribution < -0.4 is 5.73 Å². The highest BCUT2D eigenvalue weighted by atomic mass is 32.2. The summed E-state index contributed by atoms with van der Waals surface area (Å²) in [7, 11) is 0. The Morgan fingerprint density at radius 1 is 1.29 bits per heavy atom. The Kier molecular flexibility index (Phi) is 4.45. The van der Waals surface area contributed by atoms with Gasteiger partial charge in [-0.15, -0.1) is 10.2 Å². The predicted molar refractivity (Wildman–Crippen MR) is 71.2 cm³/mol. The van der Waals surface area contributed by atoms with Gasteiger partial charge in [0.2, 0.25) is 0 Å². The second-order valence-electron chi connectivity index (χ2n) is 5.00. The normalized spacial score (nSPS) is 19.5. The molecule has 96 valence electrons. The lowest BCUT2D eigenvalue weighted by molar-refractivity contribution is 0.588. The molecule has 2 rings (SSSR count). The van der Waals surface area contributed by atoms with Gasteiger partial charge in [-0.05, 0) is 26.2 Å². The smallest absolute Gasteiger partial charge is 0.191 e. The molecule has 0 radical (unpaired) electrons. The van der Waals surface area contributed by atoms with E-state index in [2.05, 4.69) is 28.6 Å². The van der Waals surface area contributed by atoms with Crippen molar-refractivity contribution in [2.24, 2.45) is 5.73 Å². The van der Waals surface area contributed by atoms with Crippen LogP contribution in [0.3, 0.4) is 0 Å². The minimum absolute atomic E-state index is 0.254. The lowest BCUT2D eigenvalue weighted by Crippen LogP contribution is -2.19. The summed E-state index contributed by atoms with van der Waals surface area (Å²) in [4.78, 5) is 0. The Labute approximate surface area is 107 Å². The molecular formula is C12H22N4S. The molecule has 0 bridgehead atoms. The third-order valence-corrected chi connectivity index (χ3v) is 4.19. The van der Waals surface area contributed by atoms with Gasteiger partial charge in [-0.25, -0.2) is 0 Å². The van der Waals surface area contributed by atoms with Gasteiger partial charge in [0.15, 0.2) is 5.16 Å². The molecule has 1 aromatic rings. The Morgan fingerprint density at radius 2 is 2.12 bits per heavy atom. The van der Waals surface area contributed by atoms with E-state index in [9.17, 15) is 0 Å². The molecule has 0 spiro atoms. The number of aromatic nitrogens is 3. The van der Waals surface area contributed by atoms with Crippen LogP contribution in [0.4, 0.5) is 0 Å². The SMILES string of the molecule is CC(N)CC(C)Sc1nnc2n1CCCCC2. The quantitative estimate of drug-likeness (QED) is 0.837. The zero-order chi connectivity index (χ0) is 12.3. The monoisotopic (exact) mass is 254 g/mol. The molecule has 1 aromatic heterocycles. The summed E-state index contributed by atoms with van der Waals surface area (Å²) in [6.07, 6.45) is 5.91. The molecule has 5 heteroatoms. The maximum Gasteiger partial charge on any atom is 0.191 e. The van der Waals surface area contributed by atoms with Crippen molar-refractivity contribution in [3.8, 4) is 0 Å². The first-order valence-corrected chi connectivity index (χ1v) is 7.39. The first kappa shape index (κ1) is 12.9. The van der Waals surface area contributed by atoms with Crippen LogP contribution in [0.25, 0.3) is 0 Å². The zero-order valence-corrected chi connectivity index (χ0v) is 11.5. The minimum Gasteiger partial charge on any atom is -0.328 e. The van der Waals surface area contributed by atoms with Crippen molar-refractivity contribution >= 4 is 11.8 Å². The number of fused-ring (bicyclic) bond motifs is 1. The number of aryl methyl sites for hydroxylation is 1. The summed E-state index contributed by atoms with van der Waals surface area (Å²) in [5.41, 5.74) is 5.83. The van der Waals surface area contributed by atoms with Crippen molar-refractivity contribution in [3.63, 3.8) is 0 Å². The summed E-state index contributed by atoms with van der Waals surface area (Å²) in [6, 6.07) is 0.254. The Hall–Kier alpha value is -0.550. The average molecular weight is 254 g/mol. The molecule has 0 amide bonds. The Balaban J connectivity index is 2.03. The summed E-state index contributed by atoms with van der Waals surface area (Å²) < 4.78 is 2.30. The lowest BCUT2D eigenvalue weighted by atomic mass is 10.2. The van der Waals surface area contributed by atoms with Gasteiger partial charge in [0, 0.05) is 24.3 Å². The van der Waals surface area contributed by atoms with E-state index >= 15 is 0 Å². The van der Waals surface area contributed by atoms with Crippen molar-refractivity contribution in [1.29, 1.82) is 0 Å². The van der Waals surface area contributed by atoms with Crippen molar-refractivity contribution in [1.82, 2.24) is 14.8 Å². The van der Waals surface area contributed by atoms with Crippen LogP contribution in [0.5, 0.6) is 0 Å². The van der Waals surface area contributed by atoms with E-state index in [0.29, 0.717) is 5.25 Å². The predicted octanol–water partition coefficient (Wildman–Crippen LogP) is 2.22. The number of hydrogen-bond acceptors (Lipinski definition) is 4. The first-order chi connectivity index (χ1) is 8.16. The van der Waals surface area contributed by atoms with E-state index in [0.717, 1.165) is 30.4 Å². The zero-order valence-electron chi connectivity index (χ0n) is 10.7. The number of rotatable bonds is 4. The summed E-state index contributed by atoms with van der Waals surface area (Å²) >= 11 is 1.81. The highest BCUT2D eigenvalue weighted by Crippen LogP contribution is 2.26. The largest absolute Gasteiger partial charge is 0.328 e. The van der Waals surface area contributed by atoms with Crippen LogP contribution in [0.1, 0.15) is 45.4 Å². The van der Waals surface area contributed by atoms with Gasteiger partial charge in [0.1, 0.15) is 5.82 Å². The number of nitrogens with two attached hydrogens (primary N) is 1. The Bertz CT molecular complexity index is 361. The lowest BCUT2D eigenvalue weighted by Gasteiger charge is -2.13. The average Bonchev–Trinajstić information content (AvgIpc) is 2.49. The molecular weight excluding hydrogens is 232 g/mol. The van der Waals surface area contributed by atoms with Gasteiger partial charge >= 0.3 is 0 Å². The summed E-state index contributed by atoms with van der Waals surface area (Å²) in [6.45, 7) is 5.35. The molecule has 17 heavy (non-hydrogen) atoms. The van der Waals surface area contributed by atoms with E-state index in [1.54, 1.807) is 0 Å². The molecule has 2 heterocycles. The third kappa shape index (κ3) is 3.45. The molecule has 4 nitrogen and oxygen atoms in total. The highest BCUT2D eigenvalue weighted by molar-refractivity contribution is 7.99. The van der Waals surface area contributed by atoms with Crippen LogP contribution in [0.2, 0.25) is 0 Å². The maximum absolute atomic E-state index is 5.83. The van der Waals surface area contributed by atoms with E-state index < -0.39 is 0 Å². The maximum atomic E-state index is 5.83. The van der Waals surface area contributed by atoms with Crippen molar-refractivity contribution in [3.05, 3.63) is 5.82 Å². The van der Waals surface area contributed by atoms with Crippen molar-refractivity contribution in [2.45, 2.75) is 68.9 Å². The van der Waals surface area contributed by atoms with Gasteiger partial charge in [-0.3, -0.25) is 0 Å². The summed E-state index contributed by atoms with van der Waals surface area (Å²) in [5, 5.41) is 10.2. The van der Waals surface area contributed by atoms with Crippen molar-refractivity contribution < 1.29 is 0 Å². The number of thioether (sulfide) groups is 1. The highest BCUT2D eigenvalue weighted by Gasteiger charge is 2.17. The van der Waals surface area contributed by atoms with Gasteiger partial charge in [-0.2, -0.15) is 0 Å².